The first-order valence-corrected chi connectivity index (χ1v) is 10.5. The van der Waals surface area contributed by atoms with Crippen LogP contribution in [0.25, 0.3) is 0 Å². The van der Waals surface area contributed by atoms with Crippen molar-refractivity contribution in [2.24, 2.45) is 11.7 Å². The Hall–Kier alpha value is -2.71. The smallest absolute Gasteiger partial charge is 0.255 e. The lowest BCUT2D eigenvalue weighted by atomic mass is 10.0. The van der Waals surface area contributed by atoms with Crippen molar-refractivity contribution in [2.75, 3.05) is 18.4 Å². The fourth-order valence-electron chi connectivity index (χ4n) is 3.07. The summed E-state index contributed by atoms with van der Waals surface area (Å²) in [6, 6.07) is 12.1. The predicted molar refractivity (Wildman–Crippen MR) is 107 cm³/mol. The van der Waals surface area contributed by atoms with Gasteiger partial charge in [0.15, 0.2) is 0 Å². The topological polar surface area (TPSA) is 110 Å². The molecule has 28 heavy (non-hydrogen) atoms. The Morgan fingerprint density at radius 1 is 0.964 bits per heavy atom. The molecule has 0 aromatic heterocycles. The van der Waals surface area contributed by atoms with Gasteiger partial charge in [0, 0.05) is 29.9 Å². The molecule has 148 valence electrons. The molecule has 1 fully saturated rings. The molecule has 2 amide bonds. The summed E-state index contributed by atoms with van der Waals surface area (Å²) in [5.41, 5.74) is 6.38. The van der Waals surface area contributed by atoms with E-state index in [2.05, 4.69) is 12.2 Å². The molecule has 7 nitrogen and oxygen atoms in total. The van der Waals surface area contributed by atoms with E-state index in [1.807, 2.05) is 0 Å². The number of carbonyl (C=O) groups is 2. The summed E-state index contributed by atoms with van der Waals surface area (Å²) in [5, 5.41) is 2.70. The maximum atomic E-state index is 12.7. The summed E-state index contributed by atoms with van der Waals surface area (Å²) in [6.07, 6.45) is 1.71. The van der Waals surface area contributed by atoms with Crippen LogP contribution in [0.1, 0.15) is 40.5 Å². The van der Waals surface area contributed by atoms with Crippen molar-refractivity contribution in [1.82, 2.24) is 4.31 Å². The molecule has 0 unspecified atom stereocenters. The quantitative estimate of drug-likeness (QED) is 0.802. The van der Waals surface area contributed by atoms with Gasteiger partial charge in [-0.25, -0.2) is 8.42 Å². The van der Waals surface area contributed by atoms with Crippen LogP contribution < -0.4 is 11.1 Å². The summed E-state index contributed by atoms with van der Waals surface area (Å²) >= 11 is 0. The van der Waals surface area contributed by atoms with Crippen molar-refractivity contribution < 1.29 is 18.0 Å². The van der Waals surface area contributed by atoms with Gasteiger partial charge in [0.1, 0.15) is 0 Å². The zero-order valence-electron chi connectivity index (χ0n) is 15.6. The van der Waals surface area contributed by atoms with Crippen molar-refractivity contribution in [1.29, 1.82) is 0 Å². The zero-order chi connectivity index (χ0) is 20.3. The first kappa shape index (κ1) is 20.0. The number of piperidine rings is 1. The van der Waals surface area contributed by atoms with E-state index in [1.165, 1.54) is 40.7 Å². The molecule has 8 heteroatoms. The molecule has 0 aliphatic carbocycles. The van der Waals surface area contributed by atoms with E-state index in [0.29, 0.717) is 35.8 Å². The Morgan fingerprint density at radius 3 is 2.04 bits per heavy atom. The fraction of sp³-hybridized carbons (Fsp3) is 0.300. The molecule has 0 saturated carbocycles. The lowest BCUT2D eigenvalue weighted by Gasteiger charge is -2.29. The minimum atomic E-state index is -3.54. The predicted octanol–water partition coefficient (Wildman–Crippen LogP) is 2.46. The van der Waals surface area contributed by atoms with Gasteiger partial charge in [-0.2, -0.15) is 4.31 Å². The number of nitrogens with one attached hydrogen (secondary N) is 1. The third-order valence-electron chi connectivity index (χ3n) is 4.92. The molecule has 1 aliphatic rings. The van der Waals surface area contributed by atoms with Gasteiger partial charge < -0.3 is 11.1 Å². The van der Waals surface area contributed by atoms with Crippen molar-refractivity contribution in [3.63, 3.8) is 0 Å². The van der Waals surface area contributed by atoms with Crippen LogP contribution in [0.2, 0.25) is 0 Å². The van der Waals surface area contributed by atoms with Crippen molar-refractivity contribution in [3.8, 4) is 0 Å². The number of anilines is 1. The van der Waals surface area contributed by atoms with Crippen LogP contribution >= 0.6 is 0 Å². The summed E-state index contributed by atoms with van der Waals surface area (Å²) in [6.45, 7) is 3.17. The van der Waals surface area contributed by atoms with Crippen LogP contribution in [0.4, 0.5) is 5.69 Å². The minimum absolute atomic E-state index is 0.185. The van der Waals surface area contributed by atoms with Crippen LogP contribution in [0.5, 0.6) is 0 Å². The highest BCUT2D eigenvalue weighted by molar-refractivity contribution is 7.89. The molecule has 1 saturated heterocycles. The molecule has 1 aliphatic heterocycles. The molecule has 0 radical (unpaired) electrons. The first-order chi connectivity index (χ1) is 13.3. The summed E-state index contributed by atoms with van der Waals surface area (Å²) in [7, 11) is -3.54. The molecule has 3 N–H and O–H groups in total. The zero-order valence-corrected chi connectivity index (χ0v) is 16.4. The number of hydrogen-bond acceptors (Lipinski definition) is 4. The average Bonchev–Trinajstić information content (AvgIpc) is 2.69. The van der Waals surface area contributed by atoms with Crippen LogP contribution in [0, 0.1) is 5.92 Å². The van der Waals surface area contributed by atoms with Crippen LogP contribution in [-0.2, 0) is 10.0 Å². The normalized spacial score (nSPS) is 15.9. The van der Waals surface area contributed by atoms with Gasteiger partial charge in [-0.15, -0.1) is 0 Å². The van der Waals surface area contributed by atoms with E-state index in [0.717, 1.165) is 12.8 Å². The number of carbonyl (C=O) groups excluding carboxylic acids is 2. The summed E-state index contributed by atoms with van der Waals surface area (Å²) < 4.78 is 27.0. The van der Waals surface area contributed by atoms with E-state index >= 15 is 0 Å². The maximum absolute atomic E-state index is 12.7. The summed E-state index contributed by atoms with van der Waals surface area (Å²) in [5.74, 6) is -0.380. The molecular weight excluding hydrogens is 378 g/mol. The van der Waals surface area contributed by atoms with Gasteiger partial charge in [0.05, 0.1) is 4.90 Å². The highest BCUT2D eigenvalue weighted by Crippen LogP contribution is 2.23. The number of primary amides is 1. The van der Waals surface area contributed by atoms with E-state index < -0.39 is 15.9 Å². The molecule has 1 heterocycles. The Morgan fingerprint density at radius 2 is 1.50 bits per heavy atom. The molecule has 3 rings (SSSR count). The van der Waals surface area contributed by atoms with Gasteiger partial charge in [-0.3, -0.25) is 9.59 Å². The van der Waals surface area contributed by atoms with Crippen molar-refractivity contribution >= 4 is 27.5 Å². The lowest BCUT2D eigenvalue weighted by molar-refractivity contribution is 0.0998. The van der Waals surface area contributed by atoms with E-state index in [1.54, 1.807) is 12.1 Å². The number of rotatable bonds is 5. The fourth-order valence-corrected chi connectivity index (χ4v) is 4.54. The number of nitrogens with two attached hydrogens (primary N) is 1. The SMILES string of the molecule is CC1CCN(S(=O)(=O)c2ccc(C(=O)Nc3ccc(C(N)=O)cc3)cc2)CC1. The molecule has 0 bridgehead atoms. The average molecular weight is 401 g/mol. The van der Waals surface area contributed by atoms with Crippen molar-refractivity contribution in [3.05, 3.63) is 59.7 Å². The second kappa shape index (κ2) is 8.12. The standard InChI is InChI=1S/C20H23N3O4S/c1-14-10-12-23(13-11-14)28(26,27)18-8-4-16(5-9-18)20(25)22-17-6-2-15(3-7-17)19(21)24/h2-9,14H,10-13H2,1H3,(H2,21,24)(H,22,25). The Labute approximate surface area is 164 Å². The van der Waals surface area contributed by atoms with Gasteiger partial charge >= 0.3 is 0 Å². The highest BCUT2D eigenvalue weighted by Gasteiger charge is 2.28. The molecule has 2 aromatic carbocycles. The Kier molecular flexibility index (Phi) is 5.81. The third kappa shape index (κ3) is 4.40. The number of nitrogens with zero attached hydrogens (tertiary/aromatic N) is 1. The summed E-state index contributed by atoms with van der Waals surface area (Å²) in [4.78, 5) is 23.6. The van der Waals surface area contributed by atoms with Crippen LogP contribution in [-0.4, -0.2) is 37.6 Å². The number of hydrogen-bond donors (Lipinski definition) is 2. The van der Waals surface area contributed by atoms with Crippen molar-refractivity contribution in [2.45, 2.75) is 24.7 Å². The molecular formula is C20H23N3O4S. The first-order valence-electron chi connectivity index (χ1n) is 9.09. The van der Waals surface area contributed by atoms with Gasteiger partial charge in [-0.1, -0.05) is 6.92 Å². The molecule has 0 spiro atoms. The van der Waals surface area contributed by atoms with Gasteiger partial charge in [0.25, 0.3) is 5.91 Å². The van der Waals surface area contributed by atoms with E-state index in [9.17, 15) is 18.0 Å². The van der Waals surface area contributed by atoms with Crippen LogP contribution in [0.15, 0.2) is 53.4 Å². The Balaban J connectivity index is 1.69. The lowest BCUT2D eigenvalue weighted by Crippen LogP contribution is -2.37. The minimum Gasteiger partial charge on any atom is -0.366 e. The third-order valence-corrected chi connectivity index (χ3v) is 6.84. The van der Waals surface area contributed by atoms with Gasteiger partial charge in [0.2, 0.25) is 15.9 Å². The number of benzene rings is 2. The largest absolute Gasteiger partial charge is 0.366 e. The Bertz CT molecular complexity index is 962. The molecule has 0 atom stereocenters. The number of sulfonamides is 1. The van der Waals surface area contributed by atoms with E-state index in [-0.39, 0.29) is 10.8 Å². The second-order valence-electron chi connectivity index (χ2n) is 7.01. The number of amides is 2. The second-order valence-corrected chi connectivity index (χ2v) is 8.94. The van der Waals surface area contributed by atoms with E-state index in [4.69, 9.17) is 5.73 Å². The highest BCUT2D eigenvalue weighted by atomic mass is 32.2. The van der Waals surface area contributed by atoms with Crippen LogP contribution in [0.3, 0.4) is 0 Å². The monoisotopic (exact) mass is 401 g/mol. The maximum Gasteiger partial charge on any atom is 0.255 e. The molecule has 2 aromatic rings. The van der Waals surface area contributed by atoms with Gasteiger partial charge in [-0.05, 0) is 67.3 Å².